The molecule has 1 N–H and O–H groups in total. The van der Waals surface area contributed by atoms with Crippen LogP contribution in [0.25, 0.3) is 16.4 Å². The zero-order chi connectivity index (χ0) is 22.7. The summed E-state index contributed by atoms with van der Waals surface area (Å²) in [7, 11) is 1.71. The molecule has 4 rings (SSSR count). The zero-order valence-corrected chi connectivity index (χ0v) is 18.3. The number of thiophene rings is 1. The molecule has 2 amide bonds. The highest BCUT2D eigenvalue weighted by atomic mass is 32.1. The van der Waals surface area contributed by atoms with Crippen molar-refractivity contribution in [2.75, 3.05) is 12.4 Å². The Hall–Kier alpha value is -3.85. The van der Waals surface area contributed by atoms with Crippen molar-refractivity contribution in [3.63, 3.8) is 0 Å². The third-order valence-electron chi connectivity index (χ3n) is 4.75. The summed E-state index contributed by atoms with van der Waals surface area (Å²) in [4.78, 5) is 31.2. The predicted molar refractivity (Wildman–Crippen MR) is 121 cm³/mol. The van der Waals surface area contributed by atoms with Crippen molar-refractivity contribution < 1.29 is 14.0 Å². The number of carbonyl (C=O) groups is 2. The van der Waals surface area contributed by atoms with Crippen LogP contribution in [-0.4, -0.2) is 38.5 Å². The van der Waals surface area contributed by atoms with E-state index in [4.69, 9.17) is 0 Å². The summed E-state index contributed by atoms with van der Waals surface area (Å²) in [6.45, 7) is 1.92. The molecule has 0 radical (unpaired) electrons. The number of aromatic nitrogens is 3. The molecule has 2 aromatic heterocycles. The minimum Gasteiger partial charge on any atom is -0.342 e. The molecule has 0 aliphatic rings. The molecular weight excluding hydrogens is 429 g/mol. The van der Waals surface area contributed by atoms with Gasteiger partial charge in [-0.1, -0.05) is 24.3 Å². The standard InChI is InChI=1S/C23H20FN5O2S/c1-15(30)28(2)14-16-6-3-8-18(12-16)25-23(31)21-26-22(20-10-5-11-32-20)29(27-21)19-9-4-7-17(24)13-19/h3-13H,14H2,1-2H3,(H,25,31). The predicted octanol–water partition coefficient (Wildman–Crippen LogP) is 4.37. The van der Waals surface area contributed by atoms with Crippen LogP contribution in [0.1, 0.15) is 23.1 Å². The second kappa shape index (κ2) is 9.11. The van der Waals surface area contributed by atoms with Crippen LogP contribution >= 0.6 is 11.3 Å². The molecule has 2 heterocycles. The number of amides is 2. The molecule has 7 nitrogen and oxygen atoms in total. The van der Waals surface area contributed by atoms with E-state index in [0.29, 0.717) is 23.7 Å². The number of carbonyl (C=O) groups excluding carboxylic acids is 2. The van der Waals surface area contributed by atoms with Gasteiger partial charge in [0.2, 0.25) is 11.7 Å². The highest BCUT2D eigenvalue weighted by Crippen LogP contribution is 2.26. The van der Waals surface area contributed by atoms with E-state index in [1.165, 1.54) is 35.1 Å². The minimum absolute atomic E-state index is 0.0380. The smallest absolute Gasteiger partial charge is 0.295 e. The van der Waals surface area contributed by atoms with Crippen molar-refractivity contribution in [2.45, 2.75) is 13.5 Å². The monoisotopic (exact) mass is 449 g/mol. The lowest BCUT2D eigenvalue weighted by Crippen LogP contribution is -2.23. The molecule has 0 spiro atoms. The Labute approximate surface area is 188 Å². The first-order chi connectivity index (χ1) is 15.4. The van der Waals surface area contributed by atoms with Gasteiger partial charge in [0.25, 0.3) is 5.91 Å². The molecule has 0 atom stereocenters. The number of anilines is 1. The van der Waals surface area contributed by atoms with Crippen LogP contribution in [0.3, 0.4) is 0 Å². The van der Waals surface area contributed by atoms with Crippen LogP contribution < -0.4 is 5.32 Å². The van der Waals surface area contributed by atoms with Crippen LogP contribution in [0, 0.1) is 5.82 Å². The van der Waals surface area contributed by atoms with E-state index in [-0.39, 0.29) is 11.7 Å². The van der Waals surface area contributed by atoms with Gasteiger partial charge in [-0.25, -0.2) is 14.1 Å². The first-order valence-corrected chi connectivity index (χ1v) is 10.7. The normalized spacial score (nSPS) is 10.7. The largest absolute Gasteiger partial charge is 0.342 e. The highest BCUT2D eigenvalue weighted by molar-refractivity contribution is 7.13. The number of nitrogens with zero attached hydrogens (tertiary/aromatic N) is 4. The van der Waals surface area contributed by atoms with Gasteiger partial charge in [-0.05, 0) is 47.3 Å². The number of hydrogen-bond acceptors (Lipinski definition) is 5. The lowest BCUT2D eigenvalue weighted by molar-refractivity contribution is -0.128. The first-order valence-electron chi connectivity index (χ1n) is 9.79. The third kappa shape index (κ3) is 4.73. The van der Waals surface area contributed by atoms with Crippen LogP contribution in [0.4, 0.5) is 10.1 Å². The van der Waals surface area contributed by atoms with Gasteiger partial charge in [0.15, 0.2) is 5.82 Å². The molecule has 0 aliphatic carbocycles. The van der Waals surface area contributed by atoms with Crippen molar-refractivity contribution in [2.24, 2.45) is 0 Å². The fourth-order valence-corrected chi connectivity index (χ4v) is 3.78. The third-order valence-corrected chi connectivity index (χ3v) is 5.61. The van der Waals surface area contributed by atoms with Crippen molar-refractivity contribution in [3.05, 3.63) is 83.2 Å². The van der Waals surface area contributed by atoms with E-state index >= 15 is 0 Å². The van der Waals surface area contributed by atoms with Gasteiger partial charge in [0.1, 0.15) is 5.82 Å². The SMILES string of the molecule is CC(=O)N(C)Cc1cccc(NC(=O)c2nc(-c3cccs3)n(-c3cccc(F)c3)n2)c1. The van der Waals surface area contributed by atoms with Crippen LogP contribution in [0.5, 0.6) is 0 Å². The molecule has 0 aliphatic heterocycles. The van der Waals surface area contributed by atoms with Crippen molar-refractivity contribution in [1.29, 1.82) is 0 Å². The Kier molecular flexibility index (Phi) is 6.09. The number of hydrogen-bond donors (Lipinski definition) is 1. The van der Waals surface area contributed by atoms with Gasteiger partial charge in [0.05, 0.1) is 10.6 Å². The quantitative estimate of drug-likeness (QED) is 0.474. The average Bonchev–Trinajstić information content (AvgIpc) is 3.44. The summed E-state index contributed by atoms with van der Waals surface area (Å²) < 4.78 is 15.3. The fraction of sp³-hybridized carbons (Fsp3) is 0.130. The average molecular weight is 450 g/mol. The summed E-state index contributed by atoms with van der Waals surface area (Å²) in [6.07, 6.45) is 0. The van der Waals surface area contributed by atoms with E-state index in [0.717, 1.165) is 10.4 Å². The van der Waals surface area contributed by atoms with E-state index in [9.17, 15) is 14.0 Å². The van der Waals surface area contributed by atoms with Gasteiger partial charge < -0.3 is 10.2 Å². The minimum atomic E-state index is -0.491. The highest BCUT2D eigenvalue weighted by Gasteiger charge is 2.20. The second-order valence-corrected chi connectivity index (χ2v) is 8.11. The van der Waals surface area contributed by atoms with Gasteiger partial charge in [-0.2, -0.15) is 0 Å². The fourth-order valence-electron chi connectivity index (χ4n) is 3.08. The zero-order valence-electron chi connectivity index (χ0n) is 17.4. The van der Waals surface area contributed by atoms with Crippen LogP contribution in [0.2, 0.25) is 0 Å². The van der Waals surface area contributed by atoms with Gasteiger partial charge in [-0.15, -0.1) is 16.4 Å². The number of halogens is 1. The second-order valence-electron chi connectivity index (χ2n) is 7.16. The Morgan fingerprint density at radius 3 is 2.66 bits per heavy atom. The van der Waals surface area contributed by atoms with E-state index < -0.39 is 11.7 Å². The van der Waals surface area contributed by atoms with Gasteiger partial charge >= 0.3 is 0 Å². The maximum atomic E-state index is 13.8. The maximum absolute atomic E-state index is 13.8. The van der Waals surface area contributed by atoms with Gasteiger partial charge in [0, 0.05) is 26.2 Å². The molecule has 0 bridgehead atoms. The van der Waals surface area contributed by atoms with E-state index in [2.05, 4.69) is 15.4 Å². The van der Waals surface area contributed by atoms with Crippen molar-refractivity contribution in [3.8, 4) is 16.4 Å². The summed E-state index contributed by atoms with van der Waals surface area (Å²) in [5.41, 5.74) is 1.90. The number of rotatable bonds is 6. The molecule has 0 fully saturated rings. The van der Waals surface area contributed by atoms with E-state index in [1.807, 2.05) is 23.6 Å². The Bertz CT molecular complexity index is 1270. The molecular formula is C23H20FN5O2S. The molecule has 162 valence electrons. The molecule has 32 heavy (non-hydrogen) atoms. The number of nitrogens with one attached hydrogen (secondary N) is 1. The van der Waals surface area contributed by atoms with Crippen molar-refractivity contribution >= 4 is 28.8 Å². The molecule has 0 saturated heterocycles. The van der Waals surface area contributed by atoms with Crippen LogP contribution in [-0.2, 0) is 11.3 Å². The summed E-state index contributed by atoms with van der Waals surface area (Å²) in [5, 5.41) is 9.04. The summed E-state index contributed by atoms with van der Waals surface area (Å²) >= 11 is 1.45. The van der Waals surface area contributed by atoms with E-state index in [1.54, 1.807) is 42.3 Å². The Morgan fingerprint density at radius 2 is 1.94 bits per heavy atom. The summed E-state index contributed by atoms with van der Waals surface area (Å²) in [6, 6.07) is 16.9. The Morgan fingerprint density at radius 1 is 1.12 bits per heavy atom. The van der Waals surface area contributed by atoms with Crippen molar-refractivity contribution in [1.82, 2.24) is 19.7 Å². The lowest BCUT2D eigenvalue weighted by Gasteiger charge is -2.15. The first kappa shape index (κ1) is 21.4. The molecule has 0 unspecified atom stereocenters. The molecule has 9 heteroatoms. The van der Waals surface area contributed by atoms with Gasteiger partial charge in [-0.3, -0.25) is 9.59 Å². The molecule has 4 aromatic rings. The Balaban J connectivity index is 1.62. The molecule has 0 saturated carbocycles. The summed E-state index contributed by atoms with van der Waals surface area (Å²) in [5.74, 6) is -0.535. The topological polar surface area (TPSA) is 80.1 Å². The lowest BCUT2D eigenvalue weighted by atomic mass is 10.2. The number of benzene rings is 2. The van der Waals surface area contributed by atoms with Crippen LogP contribution in [0.15, 0.2) is 66.0 Å². The maximum Gasteiger partial charge on any atom is 0.295 e. The molecule has 2 aromatic carbocycles.